The van der Waals surface area contributed by atoms with E-state index in [1.165, 1.54) is 11.0 Å². The second-order valence-corrected chi connectivity index (χ2v) is 9.11. The smallest absolute Gasteiger partial charge is 0.337 e. The van der Waals surface area contributed by atoms with Crippen LogP contribution in [0.3, 0.4) is 0 Å². The standard InChI is InChI=1S/C25H29F3N2O5/c1-13(2)30(24(32)15-6-4-14(3)5-7-15)19-11-18(26)20(10-17(19)25(33)34)35-23-21(22(27)28)16(12-31)8-9-29-23/h8-11,13-15,22,31H,4-7,12H2,1-3H3,(H,33,34). The number of aliphatic hydroxyl groups excluding tert-OH is 1. The van der Waals surface area contributed by atoms with Crippen molar-refractivity contribution < 1.29 is 37.7 Å². The van der Waals surface area contributed by atoms with Crippen molar-refractivity contribution in [2.45, 2.75) is 65.5 Å². The molecule has 0 bridgehead atoms. The van der Waals surface area contributed by atoms with Crippen molar-refractivity contribution in [3.05, 3.63) is 46.9 Å². The third-order valence-corrected chi connectivity index (χ3v) is 6.30. The number of anilines is 1. The third-order valence-electron chi connectivity index (χ3n) is 6.30. The number of alkyl halides is 2. The number of hydrogen-bond donors (Lipinski definition) is 2. The molecule has 0 atom stereocenters. The number of pyridine rings is 1. The summed E-state index contributed by atoms with van der Waals surface area (Å²) in [5.74, 6) is -3.84. The first-order valence-corrected chi connectivity index (χ1v) is 11.5. The van der Waals surface area contributed by atoms with E-state index in [1.807, 2.05) is 0 Å². The van der Waals surface area contributed by atoms with Gasteiger partial charge in [-0.25, -0.2) is 22.9 Å². The van der Waals surface area contributed by atoms with Crippen LogP contribution in [0.5, 0.6) is 11.6 Å². The van der Waals surface area contributed by atoms with Gasteiger partial charge in [0.1, 0.15) is 0 Å². The predicted octanol–water partition coefficient (Wildman–Crippen LogP) is 5.71. The van der Waals surface area contributed by atoms with E-state index in [0.717, 1.165) is 31.2 Å². The normalized spacial score (nSPS) is 18.1. The number of aromatic nitrogens is 1. The molecule has 0 spiro atoms. The topological polar surface area (TPSA) is 100.0 Å². The second kappa shape index (κ2) is 11.1. The van der Waals surface area contributed by atoms with Gasteiger partial charge in [-0.3, -0.25) is 4.79 Å². The molecule has 0 saturated heterocycles. The Kier molecular flexibility index (Phi) is 8.37. The molecule has 1 aromatic heterocycles. The summed E-state index contributed by atoms with van der Waals surface area (Å²) in [7, 11) is 0. The fourth-order valence-electron chi connectivity index (χ4n) is 4.40. The lowest BCUT2D eigenvalue weighted by molar-refractivity contribution is -0.123. The molecule has 1 saturated carbocycles. The first-order valence-electron chi connectivity index (χ1n) is 11.5. The summed E-state index contributed by atoms with van der Waals surface area (Å²) in [5, 5.41) is 19.2. The average Bonchev–Trinajstić information content (AvgIpc) is 2.80. The number of ether oxygens (including phenoxy) is 1. The number of carboxylic acid groups (broad SMARTS) is 1. The molecular weight excluding hydrogens is 465 g/mol. The molecule has 10 heteroatoms. The molecule has 3 rings (SSSR count). The van der Waals surface area contributed by atoms with E-state index < -0.39 is 53.6 Å². The van der Waals surface area contributed by atoms with Crippen molar-refractivity contribution >= 4 is 17.6 Å². The fraction of sp³-hybridized carbons (Fsp3) is 0.480. The Labute approximate surface area is 201 Å². The van der Waals surface area contributed by atoms with Gasteiger partial charge in [0.25, 0.3) is 6.43 Å². The molecule has 1 aliphatic rings. The van der Waals surface area contributed by atoms with Crippen LogP contribution in [0.2, 0.25) is 0 Å². The molecule has 35 heavy (non-hydrogen) atoms. The molecule has 0 radical (unpaired) electrons. The van der Waals surface area contributed by atoms with Crippen molar-refractivity contribution in [1.82, 2.24) is 4.98 Å². The monoisotopic (exact) mass is 494 g/mol. The zero-order valence-corrected chi connectivity index (χ0v) is 19.8. The van der Waals surface area contributed by atoms with Crippen LogP contribution in [-0.2, 0) is 11.4 Å². The molecule has 0 unspecified atom stereocenters. The second-order valence-electron chi connectivity index (χ2n) is 9.11. The Morgan fingerprint density at radius 2 is 1.86 bits per heavy atom. The van der Waals surface area contributed by atoms with Gasteiger partial charge in [0.2, 0.25) is 11.8 Å². The van der Waals surface area contributed by atoms with Crippen molar-refractivity contribution in [2.24, 2.45) is 11.8 Å². The van der Waals surface area contributed by atoms with E-state index in [2.05, 4.69) is 11.9 Å². The number of halogens is 3. The average molecular weight is 495 g/mol. The molecule has 2 N–H and O–H groups in total. The quantitative estimate of drug-likeness (QED) is 0.488. The van der Waals surface area contributed by atoms with E-state index in [4.69, 9.17) is 4.74 Å². The molecule has 190 valence electrons. The Hall–Kier alpha value is -3.14. The summed E-state index contributed by atoms with van der Waals surface area (Å²) in [6, 6.07) is 2.45. The lowest BCUT2D eigenvalue weighted by atomic mass is 9.82. The zero-order chi connectivity index (χ0) is 25.9. The van der Waals surface area contributed by atoms with Crippen molar-refractivity contribution in [3.63, 3.8) is 0 Å². The van der Waals surface area contributed by atoms with Crippen LogP contribution in [0.15, 0.2) is 24.4 Å². The minimum atomic E-state index is -3.07. The molecule has 1 aromatic carbocycles. The molecule has 1 heterocycles. The van der Waals surface area contributed by atoms with Crippen LogP contribution in [0.25, 0.3) is 0 Å². The van der Waals surface area contributed by atoms with Gasteiger partial charge in [-0.05, 0) is 57.1 Å². The fourth-order valence-corrected chi connectivity index (χ4v) is 4.40. The summed E-state index contributed by atoms with van der Waals surface area (Å²) >= 11 is 0. The van der Waals surface area contributed by atoms with Gasteiger partial charge in [-0.15, -0.1) is 0 Å². The van der Waals surface area contributed by atoms with E-state index in [-0.39, 0.29) is 23.1 Å². The number of carboxylic acids is 1. The number of rotatable bonds is 8. The van der Waals surface area contributed by atoms with Gasteiger partial charge in [-0.1, -0.05) is 6.92 Å². The maximum absolute atomic E-state index is 15.2. The third kappa shape index (κ3) is 5.75. The largest absolute Gasteiger partial charge is 0.478 e. The molecule has 1 aliphatic carbocycles. The summed E-state index contributed by atoms with van der Waals surface area (Å²) in [4.78, 5) is 30.5. The predicted molar refractivity (Wildman–Crippen MR) is 122 cm³/mol. The Balaban J connectivity index is 2.04. The summed E-state index contributed by atoms with van der Waals surface area (Å²) in [6.07, 6.45) is 1.12. The van der Waals surface area contributed by atoms with E-state index in [9.17, 15) is 28.6 Å². The van der Waals surface area contributed by atoms with E-state index >= 15 is 4.39 Å². The summed E-state index contributed by atoms with van der Waals surface area (Å²) in [5.41, 5.74) is -1.42. The van der Waals surface area contributed by atoms with E-state index in [0.29, 0.717) is 18.8 Å². The SMILES string of the molecule is CC1CCC(C(=O)N(c2cc(F)c(Oc3nccc(CO)c3C(F)F)cc2C(=O)O)C(C)C)CC1. The highest BCUT2D eigenvalue weighted by Crippen LogP contribution is 2.38. The highest BCUT2D eigenvalue weighted by molar-refractivity contribution is 6.03. The Morgan fingerprint density at radius 1 is 1.20 bits per heavy atom. The molecule has 1 amide bonds. The number of carbonyl (C=O) groups excluding carboxylic acids is 1. The van der Waals surface area contributed by atoms with Gasteiger partial charge in [0.05, 0.1) is 23.4 Å². The van der Waals surface area contributed by atoms with Gasteiger partial charge < -0.3 is 19.8 Å². The van der Waals surface area contributed by atoms with Crippen molar-refractivity contribution in [3.8, 4) is 11.6 Å². The summed E-state index contributed by atoms with van der Waals surface area (Å²) < 4.78 is 47.6. The number of nitrogens with zero attached hydrogens (tertiary/aromatic N) is 2. The van der Waals surface area contributed by atoms with Crippen LogP contribution in [0, 0.1) is 17.7 Å². The number of aromatic carboxylic acids is 1. The van der Waals surface area contributed by atoms with Crippen LogP contribution in [-0.4, -0.2) is 33.1 Å². The molecule has 7 nitrogen and oxygen atoms in total. The van der Waals surface area contributed by atoms with Gasteiger partial charge >= 0.3 is 5.97 Å². The van der Waals surface area contributed by atoms with Crippen LogP contribution < -0.4 is 9.64 Å². The number of amides is 1. The minimum absolute atomic E-state index is 0.132. The first kappa shape index (κ1) is 26.5. The van der Waals surface area contributed by atoms with Gasteiger partial charge in [0, 0.05) is 30.3 Å². The Bertz CT molecular complexity index is 1090. The number of benzene rings is 1. The van der Waals surface area contributed by atoms with Crippen LogP contribution in [0.1, 0.15) is 74.4 Å². The zero-order valence-electron chi connectivity index (χ0n) is 19.8. The molecule has 1 fully saturated rings. The highest BCUT2D eigenvalue weighted by Gasteiger charge is 2.33. The van der Waals surface area contributed by atoms with Crippen molar-refractivity contribution in [2.75, 3.05) is 4.90 Å². The maximum atomic E-state index is 15.2. The van der Waals surface area contributed by atoms with Gasteiger partial charge in [0.15, 0.2) is 11.6 Å². The highest BCUT2D eigenvalue weighted by atomic mass is 19.3. The molecule has 2 aromatic rings. The molecule has 0 aliphatic heterocycles. The minimum Gasteiger partial charge on any atom is -0.478 e. The van der Waals surface area contributed by atoms with Crippen molar-refractivity contribution in [1.29, 1.82) is 0 Å². The first-order chi connectivity index (χ1) is 16.5. The summed E-state index contributed by atoms with van der Waals surface area (Å²) in [6.45, 7) is 4.81. The number of carbonyl (C=O) groups is 2. The molecular formula is C25H29F3N2O5. The lowest BCUT2D eigenvalue weighted by Crippen LogP contribution is -2.43. The van der Waals surface area contributed by atoms with Crippen LogP contribution in [0.4, 0.5) is 18.9 Å². The van der Waals surface area contributed by atoms with E-state index in [1.54, 1.807) is 13.8 Å². The lowest BCUT2D eigenvalue weighted by Gasteiger charge is -2.34. The van der Waals surface area contributed by atoms with Crippen LogP contribution >= 0.6 is 0 Å². The Morgan fingerprint density at radius 3 is 2.40 bits per heavy atom. The number of aliphatic hydroxyl groups is 1. The number of hydrogen-bond acceptors (Lipinski definition) is 5. The van der Waals surface area contributed by atoms with Gasteiger partial charge in [-0.2, -0.15) is 0 Å². The maximum Gasteiger partial charge on any atom is 0.337 e.